The Hall–Kier alpha value is -1.14. The van der Waals surface area contributed by atoms with Gasteiger partial charge in [-0.15, -0.1) is 0 Å². The first kappa shape index (κ1) is 21.6. The van der Waals surface area contributed by atoms with Crippen molar-refractivity contribution in [3.05, 3.63) is 24.3 Å². The van der Waals surface area contributed by atoms with Gasteiger partial charge in [0.25, 0.3) is 0 Å². The van der Waals surface area contributed by atoms with E-state index in [0.717, 1.165) is 51.4 Å². The van der Waals surface area contributed by atoms with E-state index in [9.17, 15) is 9.59 Å². The van der Waals surface area contributed by atoms with E-state index in [4.69, 9.17) is 0 Å². The van der Waals surface area contributed by atoms with Gasteiger partial charge >= 0.3 is 0 Å². The van der Waals surface area contributed by atoms with E-state index in [0.29, 0.717) is 21.9 Å². The number of rotatable bonds is 6. The molecule has 0 aromatic heterocycles. The summed E-state index contributed by atoms with van der Waals surface area (Å²) in [5.41, 5.74) is 1.43. The topological polar surface area (TPSA) is 58.2 Å². The maximum atomic E-state index is 12.7. The quantitative estimate of drug-likeness (QED) is 0.646. The molecule has 0 saturated heterocycles. The standard InChI is InChI=1S/C22H32N2O2S2/c1-27-17-11-7-15(8-12-17)21(25)23-19-5-3-4-6-20(19)24-22(26)16-9-13-18(28-2)14-10-16/h3-6,15-18H,7-14H2,1-2H3,(H,23,25)(H,24,26). The number of thioether (sulfide) groups is 2. The highest BCUT2D eigenvalue weighted by molar-refractivity contribution is 7.99. The Morgan fingerprint density at radius 2 is 1.07 bits per heavy atom. The lowest BCUT2D eigenvalue weighted by Gasteiger charge is -2.28. The molecular formula is C22H32N2O2S2. The normalized spacial score (nSPS) is 27.8. The second kappa shape index (κ2) is 10.6. The molecule has 0 spiro atoms. The monoisotopic (exact) mass is 420 g/mol. The van der Waals surface area contributed by atoms with Crippen LogP contribution in [0, 0.1) is 11.8 Å². The first-order valence-electron chi connectivity index (χ1n) is 10.4. The molecule has 2 N–H and O–H groups in total. The summed E-state index contributed by atoms with van der Waals surface area (Å²) in [5, 5.41) is 7.53. The van der Waals surface area contributed by atoms with E-state index in [2.05, 4.69) is 23.1 Å². The summed E-state index contributed by atoms with van der Waals surface area (Å²) in [6.07, 6.45) is 12.5. The zero-order chi connectivity index (χ0) is 19.9. The highest BCUT2D eigenvalue weighted by Crippen LogP contribution is 2.34. The Balaban J connectivity index is 1.57. The lowest BCUT2D eigenvalue weighted by Crippen LogP contribution is -2.30. The maximum Gasteiger partial charge on any atom is 0.227 e. The predicted octanol–water partition coefficient (Wildman–Crippen LogP) is 5.41. The molecular weight excluding hydrogens is 388 g/mol. The van der Waals surface area contributed by atoms with Gasteiger partial charge in [0.15, 0.2) is 0 Å². The van der Waals surface area contributed by atoms with Crippen molar-refractivity contribution in [2.45, 2.75) is 61.9 Å². The molecule has 4 nitrogen and oxygen atoms in total. The van der Waals surface area contributed by atoms with E-state index in [1.807, 2.05) is 47.8 Å². The summed E-state index contributed by atoms with van der Waals surface area (Å²) in [6.45, 7) is 0. The molecule has 1 aromatic carbocycles. The van der Waals surface area contributed by atoms with Crippen molar-refractivity contribution in [2.24, 2.45) is 11.8 Å². The Labute approximate surface area is 177 Å². The number of para-hydroxylation sites is 2. The van der Waals surface area contributed by atoms with Crippen molar-refractivity contribution in [1.82, 2.24) is 0 Å². The number of anilines is 2. The molecule has 0 unspecified atom stereocenters. The van der Waals surface area contributed by atoms with E-state index in [1.165, 1.54) is 0 Å². The average molecular weight is 421 g/mol. The van der Waals surface area contributed by atoms with Gasteiger partial charge in [0.2, 0.25) is 11.8 Å². The molecule has 28 heavy (non-hydrogen) atoms. The van der Waals surface area contributed by atoms with Crippen LogP contribution >= 0.6 is 23.5 Å². The first-order chi connectivity index (χ1) is 13.6. The van der Waals surface area contributed by atoms with Crippen LogP contribution in [0.25, 0.3) is 0 Å². The summed E-state index contributed by atoms with van der Waals surface area (Å²) < 4.78 is 0. The highest BCUT2D eigenvalue weighted by atomic mass is 32.2. The molecule has 0 radical (unpaired) electrons. The maximum absolute atomic E-state index is 12.7. The number of carbonyl (C=O) groups is 2. The van der Waals surface area contributed by atoms with Crippen LogP contribution in [0.5, 0.6) is 0 Å². The molecule has 2 fully saturated rings. The molecule has 0 aliphatic heterocycles. The van der Waals surface area contributed by atoms with Gasteiger partial charge in [-0.05, 0) is 76.0 Å². The summed E-state index contributed by atoms with van der Waals surface area (Å²) in [5.74, 6) is 0.325. The number of hydrogen-bond donors (Lipinski definition) is 2. The van der Waals surface area contributed by atoms with Crippen LogP contribution in [0.1, 0.15) is 51.4 Å². The smallest absolute Gasteiger partial charge is 0.227 e. The Kier molecular flexibility index (Phi) is 8.15. The second-order valence-corrected chi connectivity index (χ2v) is 10.2. The lowest BCUT2D eigenvalue weighted by molar-refractivity contribution is -0.121. The molecule has 2 saturated carbocycles. The molecule has 2 amide bonds. The lowest BCUT2D eigenvalue weighted by atomic mass is 9.88. The summed E-state index contributed by atoms with van der Waals surface area (Å²) in [7, 11) is 0. The SMILES string of the molecule is CSC1CCC(C(=O)Nc2ccccc2NC(=O)C2CCC(SC)CC2)CC1. The van der Waals surface area contributed by atoms with Gasteiger partial charge in [0, 0.05) is 22.3 Å². The van der Waals surface area contributed by atoms with E-state index in [1.54, 1.807) is 0 Å². The number of hydrogen-bond acceptors (Lipinski definition) is 4. The van der Waals surface area contributed by atoms with E-state index in [-0.39, 0.29) is 23.7 Å². The van der Waals surface area contributed by atoms with Crippen LogP contribution in [-0.4, -0.2) is 34.8 Å². The highest BCUT2D eigenvalue weighted by Gasteiger charge is 2.28. The fourth-order valence-corrected chi connectivity index (χ4v) is 5.78. The number of carbonyl (C=O) groups excluding carboxylic acids is 2. The molecule has 3 rings (SSSR count). The van der Waals surface area contributed by atoms with Gasteiger partial charge < -0.3 is 10.6 Å². The molecule has 2 aliphatic carbocycles. The number of nitrogens with one attached hydrogen (secondary N) is 2. The fraction of sp³-hybridized carbons (Fsp3) is 0.636. The third-order valence-electron chi connectivity index (χ3n) is 6.20. The van der Waals surface area contributed by atoms with Crippen LogP contribution in [-0.2, 0) is 9.59 Å². The molecule has 6 heteroatoms. The van der Waals surface area contributed by atoms with Gasteiger partial charge in [-0.3, -0.25) is 9.59 Å². The number of benzene rings is 1. The van der Waals surface area contributed by atoms with Crippen LogP contribution in [0.15, 0.2) is 24.3 Å². The fourth-order valence-electron chi connectivity index (χ4n) is 4.29. The summed E-state index contributed by atoms with van der Waals surface area (Å²) in [6, 6.07) is 7.57. The van der Waals surface area contributed by atoms with Crippen LogP contribution in [0.2, 0.25) is 0 Å². The van der Waals surface area contributed by atoms with Gasteiger partial charge in [0.1, 0.15) is 0 Å². The summed E-state index contributed by atoms with van der Waals surface area (Å²) in [4.78, 5) is 25.5. The molecule has 2 aliphatic rings. The predicted molar refractivity (Wildman–Crippen MR) is 122 cm³/mol. The molecule has 0 bridgehead atoms. The number of amides is 2. The Bertz CT molecular complexity index is 609. The van der Waals surface area contributed by atoms with Crippen LogP contribution in [0.4, 0.5) is 11.4 Å². The zero-order valence-electron chi connectivity index (χ0n) is 16.9. The third kappa shape index (κ3) is 5.69. The largest absolute Gasteiger partial charge is 0.324 e. The second-order valence-electron chi connectivity index (χ2n) is 7.94. The van der Waals surface area contributed by atoms with Gasteiger partial charge in [0.05, 0.1) is 11.4 Å². The van der Waals surface area contributed by atoms with Crippen molar-refractivity contribution in [3.8, 4) is 0 Å². The Morgan fingerprint density at radius 3 is 1.39 bits per heavy atom. The van der Waals surface area contributed by atoms with Gasteiger partial charge in [-0.1, -0.05) is 12.1 Å². The molecule has 0 heterocycles. The molecule has 0 atom stereocenters. The van der Waals surface area contributed by atoms with Crippen molar-refractivity contribution >= 4 is 46.7 Å². The van der Waals surface area contributed by atoms with Crippen molar-refractivity contribution in [1.29, 1.82) is 0 Å². The van der Waals surface area contributed by atoms with Crippen molar-refractivity contribution in [2.75, 3.05) is 23.1 Å². The van der Waals surface area contributed by atoms with Gasteiger partial charge in [-0.25, -0.2) is 0 Å². The van der Waals surface area contributed by atoms with Crippen molar-refractivity contribution < 1.29 is 9.59 Å². The van der Waals surface area contributed by atoms with E-state index < -0.39 is 0 Å². The molecule has 1 aromatic rings. The van der Waals surface area contributed by atoms with Crippen molar-refractivity contribution in [3.63, 3.8) is 0 Å². The first-order valence-corrected chi connectivity index (χ1v) is 12.9. The minimum atomic E-state index is 0.0778. The van der Waals surface area contributed by atoms with Gasteiger partial charge in [-0.2, -0.15) is 23.5 Å². The van der Waals surface area contributed by atoms with Crippen LogP contribution in [0.3, 0.4) is 0 Å². The summed E-state index contributed by atoms with van der Waals surface area (Å²) >= 11 is 3.81. The Morgan fingerprint density at radius 1 is 0.714 bits per heavy atom. The zero-order valence-corrected chi connectivity index (χ0v) is 18.5. The molecule has 154 valence electrons. The minimum absolute atomic E-state index is 0.0778. The average Bonchev–Trinajstić information content (AvgIpc) is 2.75. The van der Waals surface area contributed by atoms with Crippen LogP contribution < -0.4 is 10.6 Å². The minimum Gasteiger partial charge on any atom is -0.324 e. The van der Waals surface area contributed by atoms with E-state index >= 15 is 0 Å². The third-order valence-corrected chi connectivity index (χ3v) is 8.48.